The second-order valence-electron chi connectivity index (χ2n) is 5.25. The summed E-state index contributed by atoms with van der Waals surface area (Å²) in [6.07, 6.45) is 2.29. The van der Waals surface area contributed by atoms with Gasteiger partial charge in [-0.1, -0.05) is 6.07 Å². The van der Waals surface area contributed by atoms with Gasteiger partial charge in [0.05, 0.1) is 38.1 Å². The molecular formula is C18H17N3O2. The minimum atomic E-state index is 0.286. The van der Waals surface area contributed by atoms with Gasteiger partial charge in [0.1, 0.15) is 5.65 Å². The third-order valence-electron chi connectivity index (χ3n) is 3.77. The van der Waals surface area contributed by atoms with Gasteiger partial charge in [0, 0.05) is 11.8 Å². The number of pyridine rings is 1. The maximum absolute atomic E-state index is 9.19. The second kappa shape index (κ2) is 6.01. The lowest BCUT2D eigenvalue weighted by molar-refractivity contribution is 0.355. The van der Waals surface area contributed by atoms with Crippen LogP contribution in [0.1, 0.15) is 11.3 Å². The predicted molar refractivity (Wildman–Crippen MR) is 87.8 cm³/mol. The summed E-state index contributed by atoms with van der Waals surface area (Å²) in [5.74, 6) is 1.30. The van der Waals surface area contributed by atoms with Crippen molar-refractivity contribution in [1.82, 2.24) is 9.38 Å². The van der Waals surface area contributed by atoms with E-state index >= 15 is 0 Å². The smallest absolute Gasteiger partial charge is 0.161 e. The van der Waals surface area contributed by atoms with Gasteiger partial charge in [0.2, 0.25) is 0 Å². The molecule has 0 saturated heterocycles. The van der Waals surface area contributed by atoms with Crippen molar-refractivity contribution >= 4 is 5.65 Å². The van der Waals surface area contributed by atoms with Gasteiger partial charge in [0.15, 0.2) is 11.5 Å². The summed E-state index contributed by atoms with van der Waals surface area (Å²) >= 11 is 0. The molecule has 0 saturated carbocycles. The third kappa shape index (κ3) is 2.59. The number of ether oxygens (including phenoxy) is 2. The van der Waals surface area contributed by atoms with E-state index in [0.717, 1.165) is 28.2 Å². The Morgan fingerprint density at radius 1 is 1.13 bits per heavy atom. The first-order valence-corrected chi connectivity index (χ1v) is 7.25. The van der Waals surface area contributed by atoms with Gasteiger partial charge >= 0.3 is 0 Å². The minimum absolute atomic E-state index is 0.286. The number of benzene rings is 1. The summed E-state index contributed by atoms with van der Waals surface area (Å²) in [5.41, 5.74) is 4.50. The molecule has 0 unspecified atom stereocenters. The summed E-state index contributed by atoms with van der Waals surface area (Å²) < 4.78 is 12.6. The van der Waals surface area contributed by atoms with E-state index < -0.39 is 0 Å². The monoisotopic (exact) mass is 307 g/mol. The van der Waals surface area contributed by atoms with Crippen LogP contribution in [0.25, 0.3) is 16.9 Å². The molecule has 23 heavy (non-hydrogen) atoms. The molecule has 116 valence electrons. The van der Waals surface area contributed by atoms with E-state index in [1.54, 1.807) is 14.2 Å². The Hall–Kier alpha value is -3.00. The van der Waals surface area contributed by atoms with E-state index in [2.05, 4.69) is 11.1 Å². The number of hydrogen-bond donors (Lipinski definition) is 0. The minimum Gasteiger partial charge on any atom is -0.493 e. The van der Waals surface area contributed by atoms with Crippen molar-refractivity contribution in [3.05, 3.63) is 47.8 Å². The molecule has 0 amide bonds. The number of aryl methyl sites for hydroxylation is 1. The normalized spacial score (nSPS) is 10.5. The Labute approximate surface area is 134 Å². The molecular weight excluding hydrogens is 290 g/mol. The molecule has 2 heterocycles. The van der Waals surface area contributed by atoms with Crippen LogP contribution in [0.4, 0.5) is 0 Å². The number of rotatable bonds is 4. The van der Waals surface area contributed by atoms with Gasteiger partial charge in [-0.15, -0.1) is 0 Å². The Morgan fingerprint density at radius 3 is 2.61 bits per heavy atom. The number of fused-ring (bicyclic) bond motifs is 1. The highest BCUT2D eigenvalue weighted by atomic mass is 16.5. The van der Waals surface area contributed by atoms with Gasteiger partial charge < -0.3 is 13.9 Å². The van der Waals surface area contributed by atoms with Crippen LogP contribution in [0.2, 0.25) is 0 Å². The number of methoxy groups -OCH3 is 2. The summed E-state index contributed by atoms with van der Waals surface area (Å²) in [4.78, 5) is 4.69. The standard InChI is InChI=1S/C18H17N3O2/c1-12-4-7-17-20-18(14(8-9-19)21(17)11-12)13-5-6-15(22-2)16(10-13)23-3/h4-7,10-11H,8H2,1-3H3. The number of hydrogen-bond acceptors (Lipinski definition) is 4. The molecule has 5 heteroatoms. The Bertz CT molecular complexity index is 907. The van der Waals surface area contributed by atoms with E-state index in [4.69, 9.17) is 9.47 Å². The molecule has 0 bridgehead atoms. The number of imidazole rings is 1. The SMILES string of the molecule is COc1ccc(-c2nc3ccc(C)cn3c2CC#N)cc1OC. The largest absolute Gasteiger partial charge is 0.493 e. The molecule has 0 aliphatic heterocycles. The second-order valence-corrected chi connectivity index (χ2v) is 5.25. The topological polar surface area (TPSA) is 59.5 Å². The highest BCUT2D eigenvalue weighted by molar-refractivity contribution is 5.70. The van der Waals surface area contributed by atoms with E-state index in [-0.39, 0.29) is 6.42 Å². The van der Waals surface area contributed by atoms with Crippen LogP contribution < -0.4 is 9.47 Å². The zero-order chi connectivity index (χ0) is 16.4. The summed E-state index contributed by atoms with van der Waals surface area (Å²) in [5, 5.41) is 9.19. The lowest BCUT2D eigenvalue weighted by Crippen LogP contribution is -1.95. The van der Waals surface area contributed by atoms with Crippen molar-refractivity contribution in [3.8, 4) is 28.8 Å². The van der Waals surface area contributed by atoms with Gasteiger partial charge in [-0.2, -0.15) is 5.26 Å². The Morgan fingerprint density at radius 2 is 1.91 bits per heavy atom. The van der Waals surface area contributed by atoms with E-state index in [1.807, 2.05) is 47.9 Å². The van der Waals surface area contributed by atoms with E-state index in [1.165, 1.54) is 0 Å². The molecule has 2 aromatic heterocycles. The highest BCUT2D eigenvalue weighted by Crippen LogP contribution is 2.33. The van der Waals surface area contributed by atoms with E-state index in [9.17, 15) is 5.26 Å². The molecule has 1 aromatic carbocycles. The van der Waals surface area contributed by atoms with E-state index in [0.29, 0.717) is 11.5 Å². The maximum atomic E-state index is 9.19. The quantitative estimate of drug-likeness (QED) is 0.741. The summed E-state index contributed by atoms with van der Waals surface area (Å²) in [6, 6.07) is 11.9. The van der Waals surface area contributed by atoms with Crippen molar-refractivity contribution in [2.45, 2.75) is 13.3 Å². The van der Waals surface area contributed by atoms with Crippen LogP contribution >= 0.6 is 0 Å². The van der Waals surface area contributed by atoms with Gasteiger partial charge in [-0.25, -0.2) is 4.98 Å². The van der Waals surface area contributed by atoms with Crippen LogP contribution in [-0.4, -0.2) is 23.6 Å². The lowest BCUT2D eigenvalue weighted by atomic mass is 10.1. The molecule has 0 spiro atoms. The average Bonchev–Trinajstić information content (AvgIpc) is 2.92. The molecule has 0 radical (unpaired) electrons. The fraction of sp³-hybridized carbons (Fsp3) is 0.222. The van der Waals surface area contributed by atoms with Crippen LogP contribution in [0.15, 0.2) is 36.5 Å². The third-order valence-corrected chi connectivity index (χ3v) is 3.77. The molecule has 0 fully saturated rings. The number of nitriles is 1. The number of aromatic nitrogens is 2. The highest BCUT2D eigenvalue weighted by Gasteiger charge is 2.16. The van der Waals surface area contributed by atoms with Crippen LogP contribution in [0.3, 0.4) is 0 Å². The van der Waals surface area contributed by atoms with Crippen molar-refractivity contribution in [2.24, 2.45) is 0 Å². The Kier molecular flexibility index (Phi) is 3.90. The molecule has 0 atom stereocenters. The maximum Gasteiger partial charge on any atom is 0.161 e. The molecule has 0 aliphatic rings. The molecule has 0 N–H and O–H groups in total. The van der Waals surface area contributed by atoms with Crippen molar-refractivity contribution < 1.29 is 9.47 Å². The summed E-state index contributed by atoms with van der Waals surface area (Å²) in [6.45, 7) is 2.02. The lowest BCUT2D eigenvalue weighted by Gasteiger charge is -2.09. The van der Waals surface area contributed by atoms with Gasteiger partial charge in [-0.3, -0.25) is 0 Å². The van der Waals surface area contributed by atoms with Crippen molar-refractivity contribution in [1.29, 1.82) is 5.26 Å². The predicted octanol–water partition coefficient (Wildman–Crippen LogP) is 3.39. The Balaban J connectivity index is 2.23. The first kappa shape index (κ1) is 14.9. The zero-order valence-electron chi connectivity index (χ0n) is 13.3. The van der Waals surface area contributed by atoms with Crippen LogP contribution in [0.5, 0.6) is 11.5 Å². The summed E-state index contributed by atoms with van der Waals surface area (Å²) in [7, 11) is 3.21. The van der Waals surface area contributed by atoms with Crippen LogP contribution in [-0.2, 0) is 6.42 Å². The van der Waals surface area contributed by atoms with Gasteiger partial charge in [0.25, 0.3) is 0 Å². The average molecular weight is 307 g/mol. The molecule has 3 aromatic rings. The van der Waals surface area contributed by atoms with Crippen molar-refractivity contribution in [3.63, 3.8) is 0 Å². The molecule has 0 aliphatic carbocycles. The zero-order valence-corrected chi connectivity index (χ0v) is 13.3. The molecule has 5 nitrogen and oxygen atoms in total. The first-order valence-electron chi connectivity index (χ1n) is 7.25. The number of nitrogens with zero attached hydrogens (tertiary/aromatic N) is 3. The fourth-order valence-corrected chi connectivity index (χ4v) is 2.66. The fourth-order valence-electron chi connectivity index (χ4n) is 2.66. The first-order chi connectivity index (χ1) is 11.2. The molecule has 3 rings (SSSR count). The van der Waals surface area contributed by atoms with Gasteiger partial charge in [-0.05, 0) is 36.8 Å². The van der Waals surface area contributed by atoms with Crippen LogP contribution in [0, 0.1) is 18.3 Å². The van der Waals surface area contributed by atoms with Crippen molar-refractivity contribution in [2.75, 3.05) is 14.2 Å².